The lowest BCUT2D eigenvalue weighted by Gasteiger charge is -2.06. The van der Waals surface area contributed by atoms with E-state index in [1.54, 1.807) is 0 Å². The van der Waals surface area contributed by atoms with E-state index in [-0.39, 0.29) is 5.91 Å². The molecule has 226 valence electrons. The summed E-state index contributed by atoms with van der Waals surface area (Å²) in [5.74, 6) is 1.14. The Morgan fingerprint density at radius 2 is 0.921 bits per heavy atom. The van der Waals surface area contributed by atoms with Gasteiger partial charge in [-0.25, -0.2) is 0 Å². The van der Waals surface area contributed by atoms with Crippen LogP contribution in [0.3, 0.4) is 0 Å². The molecule has 0 unspecified atom stereocenters. The number of hydrogen-bond donors (Lipinski definition) is 1. The maximum absolute atomic E-state index is 12.0. The van der Waals surface area contributed by atoms with Crippen molar-refractivity contribution in [3.05, 3.63) is 12.2 Å². The summed E-state index contributed by atoms with van der Waals surface area (Å²) >= 11 is 0. The quantitative estimate of drug-likeness (QED) is 0.0696. The fourth-order valence-electron chi connectivity index (χ4n) is 5.29. The van der Waals surface area contributed by atoms with Crippen LogP contribution in [0.4, 0.5) is 0 Å². The lowest BCUT2D eigenvalue weighted by atomic mass is 10.0. The van der Waals surface area contributed by atoms with Crippen LogP contribution in [0.5, 0.6) is 0 Å². The highest BCUT2D eigenvalue weighted by Gasteiger charge is 2.01. The molecule has 0 fully saturated rings. The summed E-state index contributed by atoms with van der Waals surface area (Å²) in [5.41, 5.74) is 0. The molecule has 2 nitrogen and oxygen atoms in total. The van der Waals surface area contributed by atoms with Gasteiger partial charge in [-0.05, 0) is 44.4 Å². The zero-order valence-corrected chi connectivity index (χ0v) is 26.6. The SMILES string of the molecule is CCCCCCCCC=CCCCCCCCCNC(=O)CCCCCCCCCCCCCCC(C)C. The van der Waals surface area contributed by atoms with Gasteiger partial charge in [-0.2, -0.15) is 0 Å². The zero-order valence-electron chi connectivity index (χ0n) is 26.6. The monoisotopic (exact) mass is 534 g/mol. The van der Waals surface area contributed by atoms with Gasteiger partial charge in [0, 0.05) is 13.0 Å². The number of allylic oxidation sites excluding steroid dienone is 2. The minimum absolute atomic E-state index is 0.270. The largest absolute Gasteiger partial charge is 0.356 e. The van der Waals surface area contributed by atoms with Crippen molar-refractivity contribution in [2.75, 3.05) is 6.54 Å². The summed E-state index contributed by atoms with van der Waals surface area (Å²) in [5, 5.41) is 3.13. The van der Waals surface area contributed by atoms with Crippen molar-refractivity contribution < 1.29 is 4.79 Å². The molecule has 0 spiro atoms. The molecule has 0 aromatic carbocycles. The molecule has 0 radical (unpaired) electrons. The maximum Gasteiger partial charge on any atom is 0.219 e. The molecule has 0 heterocycles. The van der Waals surface area contributed by atoms with Crippen molar-refractivity contribution in [1.82, 2.24) is 5.32 Å². The van der Waals surface area contributed by atoms with Gasteiger partial charge in [-0.1, -0.05) is 168 Å². The molecule has 0 atom stereocenters. The smallest absolute Gasteiger partial charge is 0.219 e. The Morgan fingerprint density at radius 3 is 1.39 bits per heavy atom. The number of hydrogen-bond acceptors (Lipinski definition) is 1. The van der Waals surface area contributed by atoms with E-state index in [1.807, 2.05) is 0 Å². The van der Waals surface area contributed by atoms with Gasteiger partial charge in [-0.15, -0.1) is 0 Å². The van der Waals surface area contributed by atoms with Crippen LogP contribution in [0, 0.1) is 5.92 Å². The minimum Gasteiger partial charge on any atom is -0.356 e. The number of carbonyl (C=O) groups excluding carboxylic acids is 1. The molecule has 2 heteroatoms. The standard InChI is InChI=1S/C36H71NO/c1-4-5-6-7-8-9-10-11-12-13-16-19-22-25-28-31-34-37-36(38)33-30-27-24-21-18-15-14-17-20-23-26-29-32-35(2)3/h11-12,35H,4-10,13-34H2,1-3H3,(H,37,38). The summed E-state index contributed by atoms with van der Waals surface area (Å²) in [6.45, 7) is 7.81. The second-order valence-corrected chi connectivity index (χ2v) is 12.5. The van der Waals surface area contributed by atoms with Gasteiger partial charge in [0.25, 0.3) is 0 Å². The molecule has 38 heavy (non-hydrogen) atoms. The van der Waals surface area contributed by atoms with Crippen molar-refractivity contribution in [1.29, 1.82) is 0 Å². The maximum atomic E-state index is 12.0. The van der Waals surface area contributed by atoms with Crippen LogP contribution in [0.2, 0.25) is 0 Å². The molecule has 0 aromatic heterocycles. The number of amides is 1. The van der Waals surface area contributed by atoms with Crippen LogP contribution in [-0.2, 0) is 4.79 Å². The number of carbonyl (C=O) groups is 1. The molecule has 0 rings (SSSR count). The molecule has 0 aliphatic rings. The molecule has 0 aromatic rings. The van der Waals surface area contributed by atoms with Crippen molar-refractivity contribution in [2.45, 2.75) is 201 Å². The molecule has 0 bridgehead atoms. The predicted octanol–water partition coefficient (Wildman–Crippen LogP) is 12.3. The third kappa shape index (κ3) is 33.2. The number of nitrogens with one attached hydrogen (secondary N) is 1. The first kappa shape index (κ1) is 37.2. The van der Waals surface area contributed by atoms with Gasteiger partial charge < -0.3 is 5.32 Å². The molecule has 0 aliphatic heterocycles. The highest BCUT2D eigenvalue weighted by Crippen LogP contribution is 2.14. The van der Waals surface area contributed by atoms with Crippen molar-refractivity contribution in [3.63, 3.8) is 0 Å². The van der Waals surface area contributed by atoms with Crippen LogP contribution >= 0.6 is 0 Å². The Hall–Kier alpha value is -0.790. The van der Waals surface area contributed by atoms with Crippen molar-refractivity contribution >= 4 is 5.91 Å². The topological polar surface area (TPSA) is 29.1 Å². The van der Waals surface area contributed by atoms with Gasteiger partial charge in [0.2, 0.25) is 5.91 Å². The van der Waals surface area contributed by atoms with Crippen LogP contribution in [-0.4, -0.2) is 12.5 Å². The van der Waals surface area contributed by atoms with Crippen molar-refractivity contribution in [2.24, 2.45) is 5.92 Å². The first-order chi connectivity index (χ1) is 18.7. The van der Waals surface area contributed by atoms with E-state index >= 15 is 0 Å². The van der Waals surface area contributed by atoms with Gasteiger partial charge >= 0.3 is 0 Å². The molecular weight excluding hydrogens is 462 g/mol. The van der Waals surface area contributed by atoms with Gasteiger partial charge in [0.1, 0.15) is 0 Å². The number of rotatable bonds is 31. The van der Waals surface area contributed by atoms with E-state index in [9.17, 15) is 4.79 Å². The third-order valence-corrected chi connectivity index (χ3v) is 7.95. The van der Waals surface area contributed by atoms with E-state index < -0.39 is 0 Å². The summed E-state index contributed by atoms with van der Waals surface area (Å²) in [4.78, 5) is 12.0. The molecule has 1 N–H and O–H groups in total. The van der Waals surface area contributed by atoms with Crippen molar-refractivity contribution in [3.8, 4) is 0 Å². The molecule has 0 aliphatic carbocycles. The van der Waals surface area contributed by atoms with Gasteiger partial charge in [0.05, 0.1) is 0 Å². The van der Waals surface area contributed by atoms with Crippen LogP contribution in [0.15, 0.2) is 12.2 Å². The van der Waals surface area contributed by atoms with Crippen LogP contribution in [0.25, 0.3) is 0 Å². The first-order valence-electron chi connectivity index (χ1n) is 17.6. The zero-order chi connectivity index (χ0) is 27.8. The Bertz CT molecular complexity index is 484. The van der Waals surface area contributed by atoms with Crippen LogP contribution < -0.4 is 5.32 Å². The average Bonchev–Trinajstić information content (AvgIpc) is 2.90. The van der Waals surface area contributed by atoms with Gasteiger partial charge in [-0.3, -0.25) is 4.79 Å². The predicted molar refractivity (Wildman–Crippen MR) is 172 cm³/mol. The Labute approximate surface area is 241 Å². The Kier molecular flexibility index (Phi) is 31.7. The first-order valence-corrected chi connectivity index (χ1v) is 17.6. The van der Waals surface area contributed by atoms with E-state index in [4.69, 9.17) is 0 Å². The second kappa shape index (κ2) is 32.4. The second-order valence-electron chi connectivity index (χ2n) is 12.5. The van der Waals surface area contributed by atoms with E-state index in [2.05, 4.69) is 38.2 Å². The molecular formula is C36H71NO. The molecule has 0 saturated heterocycles. The van der Waals surface area contributed by atoms with Gasteiger partial charge in [0.15, 0.2) is 0 Å². The fourth-order valence-corrected chi connectivity index (χ4v) is 5.29. The average molecular weight is 534 g/mol. The lowest BCUT2D eigenvalue weighted by molar-refractivity contribution is -0.121. The Morgan fingerprint density at radius 1 is 0.526 bits per heavy atom. The third-order valence-electron chi connectivity index (χ3n) is 7.95. The normalized spacial score (nSPS) is 11.7. The van der Waals surface area contributed by atoms with E-state index in [1.165, 1.54) is 161 Å². The van der Waals surface area contributed by atoms with Crippen LogP contribution in [0.1, 0.15) is 201 Å². The van der Waals surface area contributed by atoms with E-state index in [0.29, 0.717) is 0 Å². The highest BCUT2D eigenvalue weighted by molar-refractivity contribution is 5.75. The summed E-state index contributed by atoms with van der Waals surface area (Å²) in [6, 6.07) is 0. The van der Waals surface area contributed by atoms with E-state index in [0.717, 1.165) is 31.7 Å². The summed E-state index contributed by atoms with van der Waals surface area (Å²) in [7, 11) is 0. The molecule has 0 saturated carbocycles. The Balaban J connectivity index is 3.19. The summed E-state index contributed by atoms with van der Waals surface area (Å²) in [6.07, 6.45) is 41.9. The highest BCUT2D eigenvalue weighted by atomic mass is 16.1. The summed E-state index contributed by atoms with van der Waals surface area (Å²) < 4.78 is 0. The minimum atomic E-state index is 0.270. The lowest BCUT2D eigenvalue weighted by Crippen LogP contribution is -2.23. The number of unbranched alkanes of at least 4 members (excludes halogenated alkanes) is 23. The fraction of sp³-hybridized carbons (Fsp3) is 0.917. The molecule has 1 amide bonds.